The van der Waals surface area contributed by atoms with E-state index in [1.165, 1.54) is 77.7 Å². The molecule has 2 aliphatic rings. The summed E-state index contributed by atoms with van der Waals surface area (Å²) in [6, 6.07) is 0. The molecule has 5 nitrogen and oxygen atoms in total. The summed E-state index contributed by atoms with van der Waals surface area (Å²) in [6.45, 7) is 0.144. The Hall–Kier alpha value is 0.0700. The molecule has 1 unspecified atom stereocenters. The maximum Gasteiger partial charge on any atom is 0.472 e. The topological polar surface area (TPSA) is 65.0 Å². The van der Waals surface area contributed by atoms with Crippen LogP contribution >= 0.6 is 7.82 Å². The highest BCUT2D eigenvalue weighted by molar-refractivity contribution is 7.47. The molecule has 1 N–H and O–H groups in total. The molecule has 2 fully saturated rings. The highest BCUT2D eigenvalue weighted by Crippen LogP contribution is 2.43. The molecule has 0 aromatic carbocycles. The third kappa shape index (κ3) is 7.53. The fourth-order valence-corrected chi connectivity index (χ4v) is 4.46. The van der Waals surface area contributed by atoms with Crippen LogP contribution in [0.5, 0.6) is 0 Å². The summed E-state index contributed by atoms with van der Waals surface area (Å²) in [6.07, 6.45) is 16.9. The summed E-state index contributed by atoms with van der Waals surface area (Å²) in [5.41, 5.74) is 0. The minimum atomic E-state index is -3.89. The summed E-state index contributed by atoms with van der Waals surface area (Å²) in [7, 11) is -2.71. The van der Waals surface area contributed by atoms with Crippen LogP contribution in [0.4, 0.5) is 0 Å². The van der Waals surface area contributed by atoms with E-state index in [1.54, 1.807) is 0 Å². The van der Waals surface area contributed by atoms with Crippen molar-refractivity contribution in [3.8, 4) is 0 Å². The zero-order valence-corrected chi connectivity index (χ0v) is 16.1. The van der Waals surface area contributed by atoms with Crippen LogP contribution < -0.4 is 0 Å². The summed E-state index contributed by atoms with van der Waals surface area (Å²) in [5.74, 6) is 0.637. The molecule has 0 aromatic rings. The Labute approximate surface area is 147 Å². The van der Waals surface area contributed by atoms with Gasteiger partial charge in [-0.15, -0.1) is 0 Å². The average molecular weight is 362 g/mol. The van der Waals surface area contributed by atoms with Crippen LogP contribution in [0.15, 0.2) is 0 Å². The maximum atomic E-state index is 11.4. The van der Waals surface area contributed by atoms with Gasteiger partial charge < -0.3 is 9.63 Å². The van der Waals surface area contributed by atoms with Crippen LogP contribution in [-0.2, 0) is 18.3 Å². The van der Waals surface area contributed by atoms with Crippen molar-refractivity contribution in [2.75, 3.05) is 13.7 Å². The fourth-order valence-electron chi connectivity index (χ4n) is 4.00. The zero-order valence-electron chi connectivity index (χ0n) is 15.2. The van der Waals surface area contributed by atoms with Gasteiger partial charge in [-0.3, -0.25) is 9.05 Å². The van der Waals surface area contributed by atoms with Gasteiger partial charge in [0, 0.05) is 7.11 Å². The Balaban J connectivity index is 1.76. The first-order chi connectivity index (χ1) is 11.6. The van der Waals surface area contributed by atoms with E-state index < -0.39 is 7.82 Å². The van der Waals surface area contributed by atoms with Crippen LogP contribution in [0.2, 0.25) is 0 Å². The Morgan fingerprint density at radius 2 is 1.46 bits per heavy atom. The Morgan fingerprint density at radius 1 is 0.917 bits per heavy atom. The predicted octanol–water partition coefficient (Wildman–Crippen LogP) is 5.22. The number of rotatable bonds is 5. The maximum absolute atomic E-state index is 11.4. The second kappa shape index (κ2) is 10.9. The van der Waals surface area contributed by atoms with Gasteiger partial charge in [0.25, 0.3) is 0 Å². The van der Waals surface area contributed by atoms with Crippen LogP contribution in [0.25, 0.3) is 0 Å². The number of hydrogen-bond donors (Lipinski definition) is 1. The van der Waals surface area contributed by atoms with Crippen LogP contribution in [0.3, 0.4) is 0 Å². The monoisotopic (exact) mass is 362 g/mol. The van der Waals surface area contributed by atoms with E-state index in [-0.39, 0.29) is 12.7 Å². The number of phosphoric ester groups is 1. The molecule has 0 bridgehead atoms. The molecule has 1 aliphatic heterocycles. The Bertz CT molecular complexity index is 378. The summed E-state index contributed by atoms with van der Waals surface area (Å²) < 4.78 is 27.0. The molecule has 3 atom stereocenters. The summed E-state index contributed by atoms with van der Waals surface area (Å²) >= 11 is 0. The molecule has 142 valence electrons. The fraction of sp³-hybridized carbons (Fsp3) is 1.00. The van der Waals surface area contributed by atoms with Crippen molar-refractivity contribution in [3.05, 3.63) is 0 Å². The minimum Gasteiger partial charge on any atom is -0.372 e. The van der Waals surface area contributed by atoms with E-state index in [2.05, 4.69) is 4.52 Å². The minimum absolute atomic E-state index is 0.0768. The second-order valence-corrected chi connectivity index (χ2v) is 8.90. The molecule has 0 radical (unpaired) electrons. The predicted molar refractivity (Wildman–Crippen MR) is 95.0 cm³/mol. The molecule has 1 saturated carbocycles. The molecule has 1 aliphatic carbocycles. The van der Waals surface area contributed by atoms with Crippen molar-refractivity contribution in [1.82, 2.24) is 0 Å². The van der Waals surface area contributed by atoms with Crippen LogP contribution in [0, 0.1) is 5.92 Å². The molecule has 0 spiro atoms. The second-order valence-electron chi connectivity index (χ2n) is 7.34. The van der Waals surface area contributed by atoms with Crippen molar-refractivity contribution < 1.29 is 23.2 Å². The molecule has 2 rings (SSSR count). The lowest BCUT2D eigenvalue weighted by atomic mass is 9.87. The van der Waals surface area contributed by atoms with Gasteiger partial charge in [-0.1, -0.05) is 57.8 Å². The molecule has 0 amide bonds. The molecular weight excluding hydrogens is 327 g/mol. The van der Waals surface area contributed by atoms with E-state index in [0.717, 1.165) is 12.8 Å². The molecular formula is C18H35O5P. The first-order valence-electron chi connectivity index (χ1n) is 9.79. The largest absolute Gasteiger partial charge is 0.472 e. The quantitative estimate of drug-likeness (QED) is 0.679. The zero-order chi connectivity index (χ0) is 17.3. The lowest BCUT2D eigenvalue weighted by Gasteiger charge is -2.25. The molecule has 6 heteroatoms. The van der Waals surface area contributed by atoms with Crippen molar-refractivity contribution in [2.45, 2.75) is 95.7 Å². The first kappa shape index (κ1) is 20.4. The van der Waals surface area contributed by atoms with Gasteiger partial charge in [-0.2, -0.15) is 0 Å². The van der Waals surface area contributed by atoms with Gasteiger partial charge in [-0.05, 0) is 31.6 Å². The first-order valence-corrected chi connectivity index (χ1v) is 11.3. The number of phosphoric acid groups is 1. The van der Waals surface area contributed by atoms with Gasteiger partial charge >= 0.3 is 7.82 Å². The smallest absolute Gasteiger partial charge is 0.372 e. The Morgan fingerprint density at radius 3 is 2.00 bits per heavy atom. The van der Waals surface area contributed by atoms with Crippen molar-refractivity contribution in [1.29, 1.82) is 0 Å². The van der Waals surface area contributed by atoms with E-state index in [9.17, 15) is 9.46 Å². The standard InChI is InChI=1S/C18H35O5P/c1-21-24(19,20)22-15-17-13-14-18(23-17)16-11-9-7-5-3-2-4-6-8-10-12-16/h16-18H,2-15H2,1H3,(H,19,20)/t17-,18+/m0/s1. The molecule has 1 saturated heterocycles. The molecule has 1 heterocycles. The third-order valence-corrected chi connectivity index (χ3v) is 6.41. The van der Waals surface area contributed by atoms with Crippen LogP contribution in [-0.4, -0.2) is 30.8 Å². The molecule has 24 heavy (non-hydrogen) atoms. The van der Waals surface area contributed by atoms with E-state index >= 15 is 0 Å². The third-order valence-electron chi connectivity index (χ3n) is 5.47. The summed E-state index contributed by atoms with van der Waals surface area (Å²) in [4.78, 5) is 9.33. The van der Waals surface area contributed by atoms with Crippen molar-refractivity contribution in [3.63, 3.8) is 0 Å². The average Bonchev–Trinajstić information content (AvgIpc) is 3.03. The summed E-state index contributed by atoms with van der Waals surface area (Å²) in [5, 5.41) is 0. The van der Waals surface area contributed by atoms with Crippen LogP contribution in [0.1, 0.15) is 83.5 Å². The van der Waals surface area contributed by atoms with Gasteiger partial charge in [0.05, 0.1) is 18.8 Å². The highest BCUT2D eigenvalue weighted by Gasteiger charge is 2.33. The number of ether oxygens (including phenoxy) is 1. The van der Waals surface area contributed by atoms with E-state index in [1.807, 2.05) is 0 Å². The van der Waals surface area contributed by atoms with Gasteiger partial charge in [0.15, 0.2) is 0 Å². The normalized spacial score (nSPS) is 31.1. The van der Waals surface area contributed by atoms with E-state index in [4.69, 9.17) is 9.26 Å². The SMILES string of the molecule is COP(=O)(O)OC[C@@H]1CC[C@H](C2CCCCCCCCCCC2)O1. The van der Waals surface area contributed by atoms with Gasteiger partial charge in [-0.25, -0.2) is 4.57 Å². The highest BCUT2D eigenvalue weighted by atomic mass is 31.2. The molecule has 0 aromatic heterocycles. The lowest BCUT2D eigenvalue weighted by Crippen LogP contribution is -2.23. The van der Waals surface area contributed by atoms with Crippen molar-refractivity contribution >= 4 is 7.82 Å². The van der Waals surface area contributed by atoms with E-state index in [0.29, 0.717) is 12.0 Å². The van der Waals surface area contributed by atoms with Gasteiger partial charge in [0.1, 0.15) is 0 Å². The lowest BCUT2D eigenvalue weighted by molar-refractivity contribution is -0.0195. The Kier molecular flexibility index (Phi) is 9.28. The number of hydrogen-bond acceptors (Lipinski definition) is 4. The van der Waals surface area contributed by atoms with Crippen molar-refractivity contribution in [2.24, 2.45) is 5.92 Å². The van der Waals surface area contributed by atoms with Gasteiger partial charge in [0.2, 0.25) is 0 Å².